The van der Waals surface area contributed by atoms with Crippen molar-refractivity contribution in [1.29, 1.82) is 0 Å². The molecule has 0 atom stereocenters. The standard InChI is InChI=1S/C22H19F2N7O2/c1-13-26-20(28-31(13)12-15-5-4-6-18-17(15)11-25-30(18)3)21-27-19(29-33-21)14-7-9-16(10-8-14)32-22(2,23)24/h4-11H,12H2,1-3H3. The van der Waals surface area contributed by atoms with Crippen molar-refractivity contribution in [1.82, 2.24) is 34.7 Å². The predicted octanol–water partition coefficient (Wildman–Crippen LogP) is 4.23. The number of fused-ring (bicyclic) bond motifs is 1. The Morgan fingerprint density at radius 1 is 1.06 bits per heavy atom. The smallest absolute Gasteiger partial charge is 0.394 e. The molecule has 0 fully saturated rings. The van der Waals surface area contributed by atoms with Gasteiger partial charge in [-0.25, -0.2) is 9.67 Å². The first-order valence-corrected chi connectivity index (χ1v) is 10.1. The zero-order chi connectivity index (χ0) is 23.2. The second-order valence-corrected chi connectivity index (χ2v) is 7.62. The quantitative estimate of drug-likeness (QED) is 0.381. The van der Waals surface area contributed by atoms with E-state index >= 15 is 0 Å². The minimum absolute atomic E-state index is 0.0367. The van der Waals surface area contributed by atoms with Crippen LogP contribution in [0.5, 0.6) is 5.75 Å². The first-order valence-electron chi connectivity index (χ1n) is 10.1. The molecule has 0 spiro atoms. The highest BCUT2D eigenvalue weighted by Crippen LogP contribution is 2.26. The Labute approximate surface area is 186 Å². The maximum Gasteiger partial charge on any atom is 0.394 e. The summed E-state index contributed by atoms with van der Waals surface area (Å²) < 4.78 is 39.4. The van der Waals surface area contributed by atoms with Crippen LogP contribution in [0.15, 0.2) is 53.2 Å². The minimum atomic E-state index is -3.26. The average Bonchev–Trinajstić information content (AvgIpc) is 3.48. The Kier molecular flexibility index (Phi) is 4.88. The fourth-order valence-electron chi connectivity index (χ4n) is 3.51. The van der Waals surface area contributed by atoms with Crippen LogP contribution in [0, 0.1) is 6.92 Å². The van der Waals surface area contributed by atoms with Gasteiger partial charge < -0.3 is 9.26 Å². The first-order chi connectivity index (χ1) is 15.8. The Balaban J connectivity index is 1.38. The van der Waals surface area contributed by atoms with Crippen LogP contribution in [0.3, 0.4) is 0 Å². The van der Waals surface area contributed by atoms with E-state index in [0.717, 1.165) is 16.5 Å². The molecule has 11 heteroatoms. The van der Waals surface area contributed by atoms with E-state index in [1.807, 2.05) is 43.0 Å². The lowest BCUT2D eigenvalue weighted by Crippen LogP contribution is -2.18. The summed E-state index contributed by atoms with van der Waals surface area (Å²) in [6.07, 6.45) is -1.42. The highest BCUT2D eigenvalue weighted by Gasteiger charge is 2.23. The molecule has 0 aliphatic rings. The lowest BCUT2D eigenvalue weighted by molar-refractivity contribution is -0.158. The van der Waals surface area contributed by atoms with Gasteiger partial charge in [-0.1, -0.05) is 17.3 Å². The van der Waals surface area contributed by atoms with Crippen molar-refractivity contribution in [2.75, 3.05) is 0 Å². The van der Waals surface area contributed by atoms with E-state index in [0.29, 0.717) is 30.7 Å². The van der Waals surface area contributed by atoms with Crippen LogP contribution in [-0.2, 0) is 13.6 Å². The first kappa shape index (κ1) is 20.7. The van der Waals surface area contributed by atoms with E-state index in [2.05, 4.69) is 30.1 Å². The highest BCUT2D eigenvalue weighted by molar-refractivity contribution is 5.82. The van der Waals surface area contributed by atoms with Crippen molar-refractivity contribution in [3.63, 3.8) is 0 Å². The lowest BCUT2D eigenvalue weighted by atomic mass is 10.1. The maximum absolute atomic E-state index is 13.0. The molecular formula is C22H19F2N7O2. The number of ether oxygens (including phenoxy) is 1. The highest BCUT2D eigenvalue weighted by atomic mass is 19.3. The molecule has 33 heavy (non-hydrogen) atoms. The summed E-state index contributed by atoms with van der Waals surface area (Å²) in [5.41, 5.74) is 2.67. The zero-order valence-electron chi connectivity index (χ0n) is 18.0. The number of aromatic nitrogens is 7. The van der Waals surface area contributed by atoms with Crippen LogP contribution in [0.2, 0.25) is 0 Å². The number of nitrogens with zero attached hydrogens (tertiary/aromatic N) is 7. The molecule has 0 unspecified atom stereocenters. The van der Waals surface area contributed by atoms with Crippen LogP contribution < -0.4 is 4.74 Å². The van der Waals surface area contributed by atoms with Gasteiger partial charge in [-0.3, -0.25) is 4.68 Å². The molecule has 168 valence electrons. The van der Waals surface area contributed by atoms with Crippen LogP contribution in [0.1, 0.15) is 18.3 Å². The van der Waals surface area contributed by atoms with Crippen molar-refractivity contribution < 1.29 is 18.0 Å². The molecule has 0 radical (unpaired) electrons. The molecule has 0 aliphatic heterocycles. The van der Waals surface area contributed by atoms with E-state index in [-0.39, 0.29) is 17.5 Å². The van der Waals surface area contributed by atoms with Crippen molar-refractivity contribution in [2.24, 2.45) is 7.05 Å². The molecule has 5 aromatic rings. The number of aryl methyl sites for hydroxylation is 2. The van der Waals surface area contributed by atoms with Gasteiger partial charge in [0.25, 0.3) is 5.89 Å². The monoisotopic (exact) mass is 451 g/mol. The third-order valence-corrected chi connectivity index (χ3v) is 5.09. The number of halogens is 2. The summed E-state index contributed by atoms with van der Waals surface area (Å²) in [6, 6.07) is 12.0. The summed E-state index contributed by atoms with van der Waals surface area (Å²) in [5.74, 6) is 1.47. The molecule has 0 aliphatic carbocycles. The molecular weight excluding hydrogens is 432 g/mol. The predicted molar refractivity (Wildman–Crippen MR) is 115 cm³/mol. The molecule has 0 saturated heterocycles. The second-order valence-electron chi connectivity index (χ2n) is 7.62. The molecule has 3 heterocycles. The van der Waals surface area contributed by atoms with Crippen molar-refractivity contribution >= 4 is 10.9 Å². The molecule has 9 nitrogen and oxygen atoms in total. The van der Waals surface area contributed by atoms with Crippen molar-refractivity contribution in [3.8, 4) is 28.9 Å². The Morgan fingerprint density at radius 2 is 1.85 bits per heavy atom. The maximum atomic E-state index is 13.0. The number of alkyl halides is 2. The van der Waals surface area contributed by atoms with Crippen molar-refractivity contribution in [2.45, 2.75) is 26.5 Å². The molecule has 2 aromatic carbocycles. The normalized spacial score (nSPS) is 11.9. The van der Waals surface area contributed by atoms with E-state index in [1.165, 1.54) is 12.1 Å². The summed E-state index contributed by atoms with van der Waals surface area (Å²) in [4.78, 5) is 8.81. The van der Waals surface area contributed by atoms with Gasteiger partial charge in [-0.15, -0.1) is 5.10 Å². The number of rotatable bonds is 6. The van der Waals surface area contributed by atoms with Crippen LogP contribution in [0.25, 0.3) is 34.0 Å². The summed E-state index contributed by atoms with van der Waals surface area (Å²) in [7, 11) is 1.90. The van der Waals surface area contributed by atoms with Gasteiger partial charge in [0.2, 0.25) is 11.6 Å². The molecule has 3 aromatic heterocycles. The van der Waals surface area contributed by atoms with Gasteiger partial charge in [-0.05, 0) is 42.8 Å². The van der Waals surface area contributed by atoms with Gasteiger partial charge in [0, 0.05) is 24.9 Å². The van der Waals surface area contributed by atoms with Gasteiger partial charge >= 0.3 is 6.11 Å². The molecule has 0 amide bonds. The summed E-state index contributed by atoms with van der Waals surface area (Å²) in [5, 5.41) is 13.9. The molecule has 0 saturated carbocycles. The van der Waals surface area contributed by atoms with Gasteiger partial charge in [0.15, 0.2) is 0 Å². The summed E-state index contributed by atoms with van der Waals surface area (Å²) in [6.45, 7) is 3.03. The molecule has 5 rings (SSSR count). The van der Waals surface area contributed by atoms with Crippen LogP contribution >= 0.6 is 0 Å². The third-order valence-electron chi connectivity index (χ3n) is 5.09. The number of hydrogen-bond donors (Lipinski definition) is 0. The number of hydrogen-bond acceptors (Lipinski definition) is 7. The lowest BCUT2D eigenvalue weighted by Gasteiger charge is -2.12. The fourth-order valence-corrected chi connectivity index (χ4v) is 3.51. The van der Waals surface area contributed by atoms with Crippen LogP contribution in [0.4, 0.5) is 8.78 Å². The summed E-state index contributed by atoms with van der Waals surface area (Å²) >= 11 is 0. The zero-order valence-corrected chi connectivity index (χ0v) is 18.0. The second kappa shape index (κ2) is 7.76. The Hall–Kier alpha value is -4.15. The van der Waals surface area contributed by atoms with Gasteiger partial charge in [0.05, 0.1) is 18.3 Å². The topological polar surface area (TPSA) is 96.7 Å². The third kappa shape index (κ3) is 4.16. The van der Waals surface area contributed by atoms with E-state index in [1.54, 1.807) is 16.8 Å². The van der Waals surface area contributed by atoms with Crippen molar-refractivity contribution in [3.05, 3.63) is 60.0 Å². The Bertz CT molecular complexity index is 1430. The molecule has 0 bridgehead atoms. The van der Waals surface area contributed by atoms with E-state index in [4.69, 9.17) is 4.52 Å². The van der Waals surface area contributed by atoms with E-state index in [9.17, 15) is 8.78 Å². The van der Waals surface area contributed by atoms with Gasteiger partial charge in [0.1, 0.15) is 11.6 Å². The van der Waals surface area contributed by atoms with Gasteiger partial charge in [-0.2, -0.15) is 18.9 Å². The fraction of sp³-hybridized carbons (Fsp3) is 0.227. The largest absolute Gasteiger partial charge is 0.433 e. The SMILES string of the molecule is Cc1nc(-c2nc(-c3ccc(OC(C)(F)F)cc3)no2)nn1Cc1cccc2c1cnn2C. The molecule has 0 N–H and O–H groups in total. The Morgan fingerprint density at radius 3 is 2.61 bits per heavy atom. The minimum Gasteiger partial charge on any atom is -0.433 e. The average molecular weight is 451 g/mol. The van der Waals surface area contributed by atoms with Crippen LogP contribution in [-0.4, -0.2) is 40.8 Å². The number of benzene rings is 2. The van der Waals surface area contributed by atoms with E-state index < -0.39 is 6.11 Å².